The van der Waals surface area contributed by atoms with E-state index in [0.29, 0.717) is 5.70 Å². The highest BCUT2D eigenvalue weighted by atomic mass is 16.5. The monoisotopic (exact) mass is 542 g/mol. The van der Waals surface area contributed by atoms with E-state index in [1.54, 1.807) is 21.0 Å². The summed E-state index contributed by atoms with van der Waals surface area (Å²) >= 11 is 0. The second-order valence-electron chi connectivity index (χ2n) is 10.9. The van der Waals surface area contributed by atoms with Crippen molar-refractivity contribution in [2.75, 3.05) is 7.11 Å². The van der Waals surface area contributed by atoms with Gasteiger partial charge in [-0.05, 0) is 70.7 Å². The third-order valence-electron chi connectivity index (χ3n) is 8.56. The van der Waals surface area contributed by atoms with Crippen LogP contribution >= 0.6 is 0 Å². The van der Waals surface area contributed by atoms with Crippen LogP contribution in [0.15, 0.2) is 41.3 Å². The van der Waals surface area contributed by atoms with Crippen molar-refractivity contribution in [3.05, 3.63) is 69.3 Å². The Morgan fingerprint density at radius 2 is 1.95 bits per heavy atom. The number of benzene rings is 2. The molecule has 2 heterocycles. The number of phenolic OH excluding ortho intramolecular Hbond substituents is 2. The molecular weight excluding hydrogens is 512 g/mol. The van der Waals surface area contributed by atoms with Crippen molar-refractivity contribution in [3.63, 3.8) is 0 Å². The van der Waals surface area contributed by atoms with Crippen molar-refractivity contribution in [2.45, 2.75) is 58.4 Å². The molecule has 1 aromatic heterocycles. The Morgan fingerprint density at radius 1 is 1.20 bits per heavy atom. The number of carbonyl (C=O) groups is 3. The summed E-state index contributed by atoms with van der Waals surface area (Å²) in [4.78, 5) is 43.4. The standard InChI is InChI=1S/C31H30N2O7/c1-13-27(36)24(15(3)34)29-25(28(13)37)31(4)22(40-29)12-21(35)23(30(31)38)14(2)32-20-8-6-7-17-18-11-16(39-5)9-10-19(18)33-26(17)20/h9-12,20,32-33,36-37H,6-8H2,1-5H3/b23-14+/t20?,31-/m1/s1. The van der Waals surface area contributed by atoms with Gasteiger partial charge in [-0.3, -0.25) is 14.4 Å². The van der Waals surface area contributed by atoms with Crippen molar-refractivity contribution >= 4 is 28.3 Å². The lowest BCUT2D eigenvalue weighted by molar-refractivity contribution is -0.123. The minimum atomic E-state index is -1.55. The van der Waals surface area contributed by atoms with Gasteiger partial charge in [0, 0.05) is 33.9 Å². The zero-order chi connectivity index (χ0) is 28.7. The fourth-order valence-electron chi connectivity index (χ4n) is 6.41. The van der Waals surface area contributed by atoms with Crippen LogP contribution in [0, 0.1) is 6.92 Å². The quantitative estimate of drug-likeness (QED) is 0.211. The van der Waals surface area contributed by atoms with Crippen LogP contribution in [0.2, 0.25) is 0 Å². The van der Waals surface area contributed by atoms with Crippen LogP contribution in [0.25, 0.3) is 10.9 Å². The molecule has 0 bridgehead atoms. The lowest BCUT2D eigenvalue weighted by Gasteiger charge is -2.30. The minimum Gasteiger partial charge on any atom is -0.507 e. The maximum Gasteiger partial charge on any atom is 0.194 e. The third-order valence-corrected chi connectivity index (χ3v) is 8.56. The average molecular weight is 543 g/mol. The summed E-state index contributed by atoms with van der Waals surface area (Å²) in [5, 5.41) is 26.1. The number of carbonyl (C=O) groups excluding carboxylic acids is 3. The van der Waals surface area contributed by atoms with E-state index in [0.717, 1.165) is 41.6 Å². The highest BCUT2D eigenvalue weighted by molar-refractivity contribution is 6.31. The number of aromatic amines is 1. The number of H-pyrrole nitrogens is 1. The molecule has 0 saturated carbocycles. The van der Waals surface area contributed by atoms with Crippen LogP contribution in [0.3, 0.4) is 0 Å². The Morgan fingerprint density at radius 3 is 2.65 bits per heavy atom. The van der Waals surface area contributed by atoms with Crippen molar-refractivity contribution < 1.29 is 34.1 Å². The molecule has 2 aromatic carbocycles. The van der Waals surface area contributed by atoms with Crippen molar-refractivity contribution in [3.8, 4) is 23.0 Å². The molecule has 0 radical (unpaired) electrons. The average Bonchev–Trinajstić information content (AvgIpc) is 3.43. The van der Waals surface area contributed by atoms with Gasteiger partial charge < -0.3 is 30.0 Å². The Bertz CT molecular complexity index is 1740. The van der Waals surface area contributed by atoms with Gasteiger partial charge in [-0.2, -0.15) is 0 Å². The van der Waals surface area contributed by atoms with Crippen molar-refractivity contribution in [2.24, 2.45) is 0 Å². The number of aromatic hydroxyl groups is 2. The normalized spacial score (nSPS) is 22.7. The van der Waals surface area contributed by atoms with E-state index in [1.807, 2.05) is 18.2 Å². The summed E-state index contributed by atoms with van der Waals surface area (Å²) in [6.45, 7) is 5.99. The molecule has 0 fully saturated rings. The molecule has 9 heteroatoms. The molecule has 0 spiro atoms. The molecule has 1 aliphatic heterocycles. The van der Waals surface area contributed by atoms with Gasteiger partial charge in [0.05, 0.1) is 24.3 Å². The number of fused-ring (bicyclic) bond motifs is 6. The zero-order valence-corrected chi connectivity index (χ0v) is 22.9. The van der Waals surface area contributed by atoms with E-state index < -0.39 is 28.5 Å². The molecule has 6 rings (SSSR count). The van der Waals surface area contributed by atoms with Crippen LogP contribution < -0.4 is 14.8 Å². The second kappa shape index (κ2) is 8.74. The van der Waals surface area contributed by atoms with E-state index in [2.05, 4.69) is 10.3 Å². The molecule has 206 valence electrons. The first-order chi connectivity index (χ1) is 19.0. The van der Waals surface area contributed by atoms with Crippen molar-refractivity contribution in [1.29, 1.82) is 0 Å². The topological polar surface area (TPSA) is 138 Å². The van der Waals surface area contributed by atoms with Crippen LogP contribution in [0.1, 0.15) is 72.4 Å². The van der Waals surface area contributed by atoms with Crippen LogP contribution in [0.5, 0.6) is 23.0 Å². The number of ketones is 3. The lowest BCUT2D eigenvalue weighted by atomic mass is 9.70. The third kappa shape index (κ3) is 3.36. The van der Waals surface area contributed by atoms with Crippen LogP contribution in [0.4, 0.5) is 0 Å². The van der Waals surface area contributed by atoms with Crippen molar-refractivity contribution in [1.82, 2.24) is 10.3 Å². The van der Waals surface area contributed by atoms with E-state index in [-0.39, 0.29) is 45.6 Å². The number of ether oxygens (including phenoxy) is 2. The predicted molar refractivity (Wildman–Crippen MR) is 147 cm³/mol. The lowest BCUT2D eigenvalue weighted by Crippen LogP contribution is -2.41. The number of allylic oxidation sites excluding steroid dienone is 4. The van der Waals surface area contributed by atoms with Gasteiger partial charge in [0.25, 0.3) is 0 Å². The molecule has 9 nitrogen and oxygen atoms in total. The Balaban J connectivity index is 1.44. The number of hydrogen-bond donors (Lipinski definition) is 4. The molecule has 3 aliphatic rings. The van der Waals surface area contributed by atoms with Gasteiger partial charge in [0.1, 0.15) is 39.7 Å². The van der Waals surface area contributed by atoms with E-state index >= 15 is 0 Å². The van der Waals surface area contributed by atoms with Gasteiger partial charge in [-0.1, -0.05) is 0 Å². The molecule has 40 heavy (non-hydrogen) atoms. The summed E-state index contributed by atoms with van der Waals surface area (Å²) in [7, 11) is 1.64. The van der Waals surface area contributed by atoms with Crippen LogP contribution in [-0.2, 0) is 21.4 Å². The first kappa shape index (κ1) is 25.7. The van der Waals surface area contributed by atoms with Gasteiger partial charge in [0.15, 0.2) is 17.3 Å². The highest BCUT2D eigenvalue weighted by Gasteiger charge is 2.56. The molecule has 0 saturated heterocycles. The number of Topliss-reactive ketones (excluding diaryl/α,β-unsaturated/α-hetero) is 2. The smallest absolute Gasteiger partial charge is 0.194 e. The van der Waals surface area contributed by atoms with Gasteiger partial charge in [-0.25, -0.2) is 0 Å². The van der Waals surface area contributed by atoms with Gasteiger partial charge in [0.2, 0.25) is 0 Å². The first-order valence-electron chi connectivity index (χ1n) is 13.2. The highest BCUT2D eigenvalue weighted by Crippen LogP contribution is 2.57. The summed E-state index contributed by atoms with van der Waals surface area (Å²) < 4.78 is 11.3. The SMILES string of the molecule is COc1ccc2[nH]c3c(c2c1)CCCC3N/C(C)=C1\C(=O)C=C2Oc3c(C(C)=O)c(O)c(C)c(O)c3[C@]2(C)C1=O. The molecule has 4 N–H and O–H groups in total. The Kier molecular flexibility index (Phi) is 5.62. The summed E-state index contributed by atoms with van der Waals surface area (Å²) in [6.07, 6.45) is 3.86. The number of aromatic nitrogens is 1. The predicted octanol–water partition coefficient (Wildman–Crippen LogP) is 4.73. The molecule has 0 amide bonds. The summed E-state index contributed by atoms with van der Waals surface area (Å²) in [5.74, 6) is -1.64. The fourth-order valence-corrected chi connectivity index (χ4v) is 6.41. The Hall–Kier alpha value is -4.53. The molecule has 2 aliphatic carbocycles. The summed E-state index contributed by atoms with van der Waals surface area (Å²) in [5.41, 5.74) is 2.01. The number of rotatable bonds is 4. The second-order valence-corrected chi connectivity index (χ2v) is 10.9. The van der Waals surface area contributed by atoms with E-state index in [4.69, 9.17) is 9.47 Å². The minimum absolute atomic E-state index is 0.0152. The van der Waals surface area contributed by atoms with E-state index in [1.165, 1.54) is 25.5 Å². The number of nitrogens with one attached hydrogen (secondary N) is 2. The molecule has 2 atom stereocenters. The molecular formula is C31H30N2O7. The molecule has 1 unspecified atom stereocenters. The maximum absolute atomic E-state index is 14.2. The zero-order valence-electron chi connectivity index (χ0n) is 22.9. The van der Waals surface area contributed by atoms with Crippen LogP contribution in [-0.4, -0.2) is 39.7 Å². The maximum atomic E-state index is 14.2. The summed E-state index contributed by atoms with van der Waals surface area (Å²) in [6, 6.07) is 5.74. The number of hydrogen-bond acceptors (Lipinski definition) is 8. The van der Waals surface area contributed by atoms with Gasteiger partial charge in [-0.15, -0.1) is 0 Å². The van der Waals surface area contributed by atoms with E-state index in [9.17, 15) is 24.6 Å². The number of aryl methyl sites for hydroxylation is 1. The fraction of sp³-hybridized carbons (Fsp3) is 0.323. The molecule has 3 aromatic rings. The number of methoxy groups -OCH3 is 1. The number of phenols is 2. The largest absolute Gasteiger partial charge is 0.507 e. The Labute approximate surface area is 230 Å². The van der Waals surface area contributed by atoms with Gasteiger partial charge >= 0.3 is 0 Å². The first-order valence-corrected chi connectivity index (χ1v) is 13.2.